The first kappa shape index (κ1) is 14.0. The molecule has 2 unspecified atom stereocenters. The summed E-state index contributed by atoms with van der Waals surface area (Å²) in [6, 6.07) is 0.319. The second kappa shape index (κ2) is 5.84. The first-order chi connectivity index (χ1) is 9.72. The quantitative estimate of drug-likeness (QED) is 0.914. The molecule has 112 valence electrons. The van der Waals surface area contributed by atoms with Crippen LogP contribution in [0.2, 0.25) is 0 Å². The number of aromatic nitrogens is 2. The van der Waals surface area contributed by atoms with Gasteiger partial charge in [-0.1, -0.05) is 0 Å². The van der Waals surface area contributed by atoms with Crippen molar-refractivity contribution in [1.82, 2.24) is 14.9 Å². The van der Waals surface area contributed by atoms with Gasteiger partial charge in [-0.2, -0.15) is 0 Å². The number of ether oxygens (including phenoxy) is 2. The maximum absolute atomic E-state index is 6.14. The van der Waals surface area contributed by atoms with Crippen LogP contribution in [0.25, 0.3) is 0 Å². The molecule has 1 aromatic heterocycles. The van der Waals surface area contributed by atoms with Gasteiger partial charge in [0.2, 0.25) is 0 Å². The Bertz CT molecular complexity index is 435. The van der Waals surface area contributed by atoms with Crippen LogP contribution in [-0.4, -0.2) is 42.0 Å². The second-order valence-electron chi connectivity index (χ2n) is 6.13. The zero-order valence-electron chi connectivity index (χ0n) is 12.5. The summed E-state index contributed by atoms with van der Waals surface area (Å²) in [6.45, 7) is 2.52. The molecule has 2 fully saturated rings. The molecule has 0 saturated carbocycles. The Balaban J connectivity index is 1.74. The van der Waals surface area contributed by atoms with Gasteiger partial charge in [-0.15, -0.1) is 0 Å². The van der Waals surface area contributed by atoms with Gasteiger partial charge < -0.3 is 19.4 Å². The maximum Gasteiger partial charge on any atom is 0.0947 e. The SMILES string of the molecule is CNC(c1cn(C)cn1)C1CCOC2(CCOCC2)C1. The topological polar surface area (TPSA) is 48.3 Å². The minimum Gasteiger partial charge on any atom is -0.381 e. The molecule has 5 heteroatoms. The Morgan fingerprint density at radius 1 is 1.40 bits per heavy atom. The lowest BCUT2D eigenvalue weighted by molar-refractivity contribution is -0.150. The highest BCUT2D eigenvalue weighted by Gasteiger charge is 2.41. The highest BCUT2D eigenvalue weighted by molar-refractivity contribution is 5.07. The molecule has 2 aliphatic heterocycles. The van der Waals surface area contributed by atoms with Crippen molar-refractivity contribution in [2.45, 2.75) is 37.3 Å². The highest BCUT2D eigenvalue weighted by atomic mass is 16.5. The third-order valence-electron chi connectivity index (χ3n) is 4.76. The Morgan fingerprint density at radius 3 is 2.85 bits per heavy atom. The molecule has 0 amide bonds. The fraction of sp³-hybridized carbons (Fsp3) is 0.800. The second-order valence-corrected chi connectivity index (χ2v) is 6.13. The van der Waals surface area contributed by atoms with E-state index in [1.165, 1.54) is 0 Å². The lowest BCUT2D eigenvalue weighted by Crippen LogP contribution is -2.46. The number of hydrogen-bond donors (Lipinski definition) is 1. The number of rotatable bonds is 3. The van der Waals surface area contributed by atoms with E-state index in [1.54, 1.807) is 0 Å². The van der Waals surface area contributed by atoms with E-state index in [9.17, 15) is 0 Å². The summed E-state index contributed by atoms with van der Waals surface area (Å²) >= 11 is 0. The Labute approximate surface area is 120 Å². The number of imidazole rings is 1. The number of nitrogens with one attached hydrogen (secondary N) is 1. The van der Waals surface area contributed by atoms with E-state index in [-0.39, 0.29) is 5.60 Å². The van der Waals surface area contributed by atoms with E-state index in [0.29, 0.717) is 12.0 Å². The predicted molar refractivity (Wildman–Crippen MR) is 76.5 cm³/mol. The molecule has 2 aliphatic rings. The van der Waals surface area contributed by atoms with Crippen LogP contribution >= 0.6 is 0 Å². The Kier molecular flexibility index (Phi) is 4.10. The summed E-state index contributed by atoms with van der Waals surface area (Å²) in [5, 5.41) is 3.46. The molecular formula is C15H25N3O2. The normalized spacial score (nSPS) is 27.6. The Morgan fingerprint density at radius 2 is 2.20 bits per heavy atom. The van der Waals surface area contributed by atoms with Crippen molar-refractivity contribution in [3.63, 3.8) is 0 Å². The maximum atomic E-state index is 6.14. The van der Waals surface area contributed by atoms with Gasteiger partial charge in [0.25, 0.3) is 0 Å². The summed E-state index contributed by atoms with van der Waals surface area (Å²) in [5.74, 6) is 0.585. The largest absolute Gasteiger partial charge is 0.381 e. The van der Waals surface area contributed by atoms with Gasteiger partial charge in [0.05, 0.1) is 23.7 Å². The van der Waals surface area contributed by atoms with Crippen LogP contribution in [0.15, 0.2) is 12.5 Å². The van der Waals surface area contributed by atoms with Gasteiger partial charge in [0.15, 0.2) is 0 Å². The lowest BCUT2D eigenvalue weighted by Gasteiger charge is -2.45. The number of hydrogen-bond acceptors (Lipinski definition) is 4. The van der Waals surface area contributed by atoms with Crippen LogP contribution in [0.4, 0.5) is 0 Å². The third-order valence-corrected chi connectivity index (χ3v) is 4.76. The summed E-state index contributed by atoms with van der Waals surface area (Å²) < 4.78 is 13.7. The average molecular weight is 279 g/mol. The van der Waals surface area contributed by atoms with E-state index in [1.807, 2.05) is 25.0 Å². The first-order valence-corrected chi connectivity index (χ1v) is 7.59. The van der Waals surface area contributed by atoms with Crippen molar-refractivity contribution in [2.75, 3.05) is 26.9 Å². The third kappa shape index (κ3) is 2.75. The smallest absolute Gasteiger partial charge is 0.0947 e. The molecule has 3 rings (SSSR count). The van der Waals surface area contributed by atoms with Crippen molar-refractivity contribution >= 4 is 0 Å². The monoisotopic (exact) mass is 279 g/mol. The van der Waals surface area contributed by atoms with Crippen LogP contribution in [-0.2, 0) is 16.5 Å². The van der Waals surface area contributed by atoms with E-state index in [0.717, 1.165) is 51.2 Å². The van der Waals surface area contributed by atoms with Gasteiger partial charge in [-0.25, -0.2) is 4.98 Å². The summed E-state index contributed by atoms with van der Waals surface area (Å²) in [6.07, 6.45) is 8.27. The number of nitrogens with zero attached hydrogens (tertiary/aromatic N) is 2. The first-order valence-electron chi connectivity index (χ1n) is 7.59. The van der Waals surface area contributed by atoms with E-state index < -0.39 is 0 Å². The molecular weight excluding hydrogens is 254 g/mol. The van der Waals surface area contributed by atoms with Crippen molar-refractivity contribution < 1.29 is 9.47 Å². The van der Waals surface area contributed by atoms with E-state index >= 15 is 0 Å². The standard InChI is InChI=1S/C15H25N3O2/c1-16-14(13-10-18(2)11-17-13)12-3-6-20-15(9-12)4-7-19-8-5-15/h10-12,14,16H,3-9H2,1-2H3. The fourth-order valence-corrected chi connectivity index (χ4v) is 3.66. The molecule has 20 heavy (non-hydrogen) atoms. The fourth-order valence-electron chi connectivity index (χ4n) is 3.66. The summed E-state index contributed by atoms with van der Waals surface area (Å²) in [7, 11) is 4.05. The molecule has 1 spiro atoms. The highest BCUT2D eigenvalue weighted by Crippen LogP contribution is 2.41. The molecule has 0 bridgehead atoms. The van der Waals surface area contributed by atoms with Gasteiger partial charge in [-0.05, 0) is 38.6 Å². The minimum absolute atomic E-state index is 0.0467. The van der Waals surface area contributed by atoms with Crippen molar-refractivity contribution in [2.24, 2.45) is 13.0 Å². The molecule has 1 N–H and O–H groups in total. The summed E-state index contributed by atoms with van der Waals surface area (Å²) in [4.78, 5) is 4.53. The molecule has 5 nitrogen and oxygen atoms in total. The summed E-state index contributed by atoms with van der Waals surface area (Å²) in [5.41, 5.74) is 1.19. The lowest BCUT2D eigenvalue weighted by atomic mass is 9.77. The van der Waals surface area contributed by atoms with Crippen LogP contribution in [0, 0.1) is 5.92 Å². The van der Waals surface area contributed by atoms with Gasteiger partial charge >= 0.3 is 0 Å². The molecule has 2 saturated heterocycles. The molecule has 3 heterocycles. The van der Waals surface area contributed by atoms with Gasteiger partial charge in [-0.3, -0.25) is 0 Å². The molecule has 0 aliphatic carbocycles. The number of aryl methyl sites for hydroxylation is 1. The van der Waals surface area contributed by atoms with Crippen molar-refractivity contribution in [1.29, 1.82) is 0 Å². The van der Waals surface area contributed by atoms with Crippen molar-refractivity contribution in [3.05, 3.63) is 18.2 Å². The van der Waals surface area contributed by atoms with Crippen molar-refractivity contribution in [3.8, 4) is 0 Å². The average Bonchev–Trinajstić information content (AvgIpc) is 2.87. The zero-order chi connectivity index (χ0) is 14.0. The van der Waals surface area contributed by atoms with Gasteiger partial charge in [0, 0.05) is 33.1 Å². The van der Waals surface area contributed by atoms with Crippen LogP contribution < -0.4 is 5.32 Å². The molecule has 0 aromatic carbocycles. The van der Waals surface area contributed by atoms with Crippen LogP contribution in [0.5, 0.6) is 0 Å². The molecule has 2 atom stereocenters. The van der Waals surface area contributed by atoms with Gasteiger partial charge in [0.1, 0.15) is 0 Å². The zero-order valence-corrected chi connectivity index (χ0v) is 12.5. The van der Waals surface area contributed by atoms with E-state index in [4.69, 9.17) is 9.47 Å². The molecule has 0 radical (unpaired) electrons. The predicted octanol–water partition coefficient (Wildman–Crippen LogP) is 1.66. The Hall–Kier alpha value is -0.910. The van der Waals surface area contributed by atoms with E-state index in [2.05, 4.69) is 16.5 Å². The minimum atomic E-state index is 0.0467. The van der Waals surface area contributed by atoms with Crippen LogP contribution in [0.1, 0.15) is 37.4 Å². The molecule has 1 aromatic rings. The van der Waals surface area contributed by atoms with Crippen LogP contribution in [0.3, 0.4) is 0 Å².